The maximum atomic E-state index is 11.4. The molecule has 174 valence electrons. The van der Waals surface area contributed by atoms with Crippen molar-refractivity contribution < 1.29 is 15.3 Å². The van der Waals surface area contributed by atoms with Crippen molar-refractivity contribution in [2.24, 2.45) is 52.3 Å². The molecule has 4 rings (SSSR count). The van der Waals surface area contributed by atoms with Crippen LogP contribution >= 0.6 is 0 Å². The van der Waals surface area contributed by atoms with Crippen LogP contribution < -0.4 is 0 Å². The first kappa shape index (κ1) is 23.1. The number of aliphatic hydroxyl groups is 3. The molecule has 0 amide bonds. The van der Waals surface area contributed by atoms with Gasteiger partial charge in [-0.2, -0.15) is 0 Å². The van der Waals surface area contributed by atoms with E-state index in [4.69, 9.17) is 0 Å². The first-order valence-electron chi connectivity index (χ1n) is 13.2. The van der Waals surface area contributed by atoms with Gasteiger partial charge in [0, 0.05) is 6.61 Å². The standard InChI is InChI=1S/C27H48O3/c1-17(16-28)6-5-7-18(2)21-8-9-22-25-23(11-13-27(21,22)4)26(3)12-10-20(29)14-19(26)15-24(25)30/h17-25,28-30H,5-16H2,1-4H3/t17?,18-,19-,20+,21-,22+,23+,24-,25+,26+,27-/m1/s1. The van der Waals surface area contributed by atoms with E-state index in [1.807, 2.05) is 0 Å². The number of fused-ring (bicyclic) bond motifs is 5. The molecule has 0 saturated heterocycles. The summed E-state index contributed by atoms with van der Waals surface area (Å²) in [7, 11) is 0. The third-order valence-electron chi connectivity index (χ3n) is 11.1. The van der Waals surface area contributed by atoms with Crippen LogP contribution in [0.3, 0.4) is 0 Å². The predicted molar refractivity (Wildman–Crippen MR) is 122 cm³/mol. The molecule has 11 atom stereocenters. The third-order valence-corrected chi connectivity index (χ3v) is 11.1. The van der Waals surface area contributed by atoms with Crippen molar-refractivity contribution in [3.05, 3.63) is 0 Å². The van der Waals surface area contributed by atoms with Crippen LogP contribution in [0.5, 0.6) is 0 Å². The zero-order valence-electron chi connectivity index (χ0n) is 20.0. The average Bonchev–Trinajstić information content (AvgIpc) is 3.06. The van der Waals surface area contributed by atoms with Gasteiger partial charge in [0.2, 0.25) is 0 Å². The molecule has 3 heteroatoms. The molecule has 0 aromatic heterocycles. The van der Waals surface area contributed by atoms with Crippen LogP contribution in [0.2, 0.25) is 0 Å². The minimum atomic E-state index is -0.164. The van der Waals surface area contributed by atoms with E-state index in [2.05, 4.69) is 27.7 Å². The van der Waals surface area contributed by atoms with Crippen molar-refractivity contribution >= 4 is 0 Å². The van der Waals surface area contributed by atoms with Crippen molar-refractivity contribution in [2.75, 3.05) is 6.61 Å². The van der Waals surface area contributed by atoms with E-state index in [-0.39, 0.29) is 12.2 Å². The van der Waals surface area contributed by atoms with Gasteiger partial charge in [-0.1, -0.05) is 40.5 Å². The fourth-order valence-corrected chi connectivity index (χ4v) is 9.26. The summed E-state index contributed by atoms with van der Waals surface area (Å²) in [4.78, 5) is 0. The van der Waals surface area contributed by atoms with E-state index in [0.717, 1.165) is 43.9 Å². The summed E-state index contributed by atoms with van der Waals surface area (Å²) in [5.74, 6) is 4.28. The Bertz CT molecular complexity index is 593. The molecule has 4 aliphatic rings. The maximum Gasteiger partial charge on any atom is 0.0577 e. The van der Waals surface area contributed by atoms with Crippen molar-refractivity contribution in [3.63, 3.8) is 0 Å². The molecule has 30 heavy (non-hydrogen) atoms. The van der Waals surface area contributed by atoms with Gasteiger partial charge >= 0.3 is 0 Å². The lowest BCUT2D eigenvalue weighted by Crippen LogP contribution is -2.58. The SMILES string of the molecule is CC(CO)CCC[C@@H](C)[C@H]1CC[C@H]2[C@@H]3[C@H](O)C[C@H]4C[C@@H](O)CC[C@]4(C)[C@H]3CC[C@]12C. The molecule has 0 heterocycles. The predicted octanol–water partition coefficient (Wildman–Crippen LogP) is 5.41. The number of rotatable bonds is 6. The van der Waals surface area contributed by atoms with Crippen molar-refractivity contribution in [1.82, 2.24) is 0 Å². The summed E-state index contributed by atoms with van der Waals surface area (Å²) < 4.78 is 0. The highest BCUT2D eigenvalue weighted by Gasteiger charge is 2.62. The minimum Gasteiger partial charge on any atom is -0.396 e. The van der Waals surface area contributed by atoms with Crippen molar-refractivity contribution in [1.29, 1.82) is 0 Å². The van der Waals surface area contributed by atoms with Crippen LogP contribution in [0.25, 0.3) is 0 Å². The lowest BCUT2D eigenvalue weighted by molar-refractivity contribution is -0.174. The molecular weight excluding hydrogens is 372 g/mol. The van der Waals surface area contributed by atoms with Crippen LogP contribution in [-0.2, 0) is 0 Å². The second-order valence-electron chi connectivity index (χ2n) is 12.6. The minimum absolute atomic E-state index is 0.147. The van der Waals surface area contributed by atoms with Gasteiger partial charge in [-0.15, -0.1) is 0 Å². The molecule has 0 aliphatic heterocycles. The van der Waals surface area contributed by atoms with E-state index in [0.29, 0.717) is 47.0 Å². The molecule has 4 aliphatic carbocycles. The van der Waals surface area contributed by atoms with Gasteiger partial charge in [-0.3, -0.25) is 0 Å². The fourth-order valence-electron chi connectivity index (χ4n) is 9.26. The molecule has 4 saturated carbocycles. The first-order chi connectivity index (χ1) is 14.2. The summed E-state index contributed by atoms with van der Waals surface area (Å²) in [6.07, 6.45) is 12.5. The summed E-state index contributed by atoms with van der Waals surface area (Å²) in [6, 6.07) is 0. The Morgan fingerprint density at radius 1 is 0.867 bits per heavy atom. The van der Waals surface area contributed by atoms with Gasteiger partial charge < -0.3 is 15.3 Å². The molecule has 0 spiro atoms. The summed E-state index contributed by atoms with van der Waals surface area (Å²) in [5, 5.41) is 30.9. The summed E-state index contributed by atoms with van der Waals surface area (Å²) in [5.41, 5.74) is 0.718. The molecule has 4 fully saturated rings. The Morgan fingerprint density at radius 3 is 2.30 bits per heavy atom. The highest BCUT2D eigenvalue weighted by molar-refractivity contribution is 5.11. The average molecular weight is 421 g/mol. The van der Waals surface area contributed by atoms with Gasteiger partial charge in [0.15, 0.2) is 0 Å². The lowest BCUT2D eigenvalue weighted by atomic mass is 9.43. The Kier molecular flexibility index (Phi) is 6.66. The number of aliphatic hydroxyl groups excluding tert-OH is 3. The van der Waals surface area contributed by atoms with E-state index < -0.39 is 0 Å². The Labute approximate surface area is 185 Å². The van der Waals surface area contributed by atoms with Gasteiger partial charge in [0.05, 0.1) is 12.2 Å². The van der Waals surface area contributed by atoms with Crippen LogP contribution in [0.1, 0.15) is 98.3 Å². The van der Waals surface area contributed by atoms with E-state index in [9.17, 15) is 15.3 Å². The normalized spacial score (nSPS) is 50.3. The molecule has 0 aromatic rings. The summed E-state index contributed by atoms with van der Waals surface area (Å²) >= 11 is 0. The molecule has 1 unspecified atom stereocenters. The van der Waals surface area contributed by atoms with Crippen molar-refractivity contribution in [3.8, 4) is 0 Å². The fraction of sp³-hybridized carbons (Fsp3) is 1.00. The third kappa shape index (κ3) is 3.79. The topological polar surface area (TPSA) is 60.7 Å². The Hall–Kier alpha value is -0.120. The molecule has 0 bridgehead atoms. The Balaban J connectivity index is 1.47. The number of hydrogen-bond acceptors (Lipinski definition) is 3. The first-order valence-corrected chi connectivity index (χ1v) is 13.2. The smallest absolute Gasteiger partial charge is 0.0577 e. The maximum absolute atomic E-state index is 11.4. The van der Waals surface area contributed by atoms with Gasteiger partial charge in [-0.05, 0) is 110 Å². The van der Waals surface area contributed by atoms with Gasteiger partial charge in [-0.25, -0.2) is 0 Å². The molecule has 3 nitrogen and oxygen atoms in total. The largest absolute Gasteiger partial charge is 0.396 e. The molecule has 0 aromatic carbocycles. The zero-order chi connectivity index (χ0) is 21.7. The molecule has 0 radical (unpaired) electrons. The van der Waals surface area contributed by atoms with Crippen LogP contribution in [0.4, 0.5) is 0 Å². The Morgan fingerprint density at radius 2 is 1.57 bits per heavy atom. The van der Waals surface area contributed by atoms with Gasteiger partial charge in [0.1, 0.15) is 0 Å². The van der Waals surface area contributed by atoms with E-state index >= 15 is 0 Å². The molecule has 3 N–H and O–H groups in total. The second-order valence-corrected chi connectivity index (χ2v) is 12.6. The van der Waals surface area contributed by atoms with Crippen molar-refractivity contribution in [2.45, 2.75) is 111 Å². The van der Waals surface area contributed by atoms with Gasteiger partial charge in [0.25, 0.3) is 0 Å². The monoisotopic (exact) mass is 420 g/mol. The zero-order valence-corrected chi connectivity index (χ0v) is 20.0. The number of hydrogen-bond donors (Lipinski definition) is 3. The quantitative estimate of drug-likeness (QED) is 0.538. The second kappa shape index (κ2) is 8.67. The summed E-state index contributed by atoms with van der Waals surface area (Å²) in [6.45, 7) is 10.0. The van der Waals surface area contributed by atoms with Crippen LogP contribution in [-0.4, -0.2) is 34.1 Å². The molecular formula is C27H48O3. The lowest BCUT2D eigenvalue weighted by Gasteiger charge is -2.62. The van der Waals surface area contributed by atoms with Crippen LogP contribution in [0.15, 0.2) is 0 Å². The van der Waals surface area contributed by atoms with E-state index in [1.54, 1.807) is 0 Å². The highest BCUT2D eigenvalue weighted by Crippen LogP contribution is 2.68. The highest BCUT2D eigenvalue weighted by atomic mass is 16.3. The van der Waals surface area contributed by atoms with Crippen LogP contribution in [0, 0.1) is 52.3 Å². The van der Waals surface area contributed by atoms with E-state index in [1.165, 1.54) is 38.5 Å².